The molecule has 0 saturated heterocycles. The van der Waals surface area contributed by atoms with Crippen molar-refractivity contribution in [3.05, 3.63) is 61.4 Å². The summed E-state index contributed by atoms with van der Waals surface area (Å²) in [5.74, 6) is 1.48. The fraction of sp³-hybridized carbons (Fsp3) is 0.0625. The van der Waals surface area contributed by atoms with Crippen molar-refractivity contribution in [2.75, 3.05) is 11.9 Å². The molecule has 1 aromatic carbocycles. The predicted octanol–water partition coefficient (Wildman–Crippen LogP) is 3.29. The third kappa shape index (κ3) is 2.36. The zero-order chi connectivity index (χ0) is 13.8. The van der Waals surface area contributed by atoms with E-state index in [9.17, 15) is 0 Å². The third-order valence-electron chi connectivity index (χ3n) is 2.94. The Morgan fingerprint density at radius 3 is 2.80 bits per heavy atom. The molecule has 1 N–H and O–H groups in total. The van der Waals surface area contributed by atoms with Gasteiger partial charge in [0.25, 0.3) is 0 Å². The zero-order valence-electron chi connectivity index (χ0n) is 11.0. The average Bonchev–Trinajstić information content (AvgIpc) is 2.53. The van der Waals surface area contributed by atoms with Crippen LogP contribution in [0.3, 0.4) is 0 Å². The molecule has 0 unspecified atom stereocenters. The summed E-state index contributed by atoms with van der Waals surface area (Å²) in [7, 11) is 0. The largest absolute Gasteiger partial charge is 0.366 e. The van der Waals surface area contributed by atoms with E-state index < -0.39 is 0 Å². The number of hydrogen-bond donors (Lipinski definition) is 1. The first-order valence-corrected chi connectivity index (χ1v) is 6.40. The first kappa shape index (κ1) is 12.3. The summed E-state index contributed by atoms with van der Waals surface area (Å²) >= 11 is 0. The van der Waals surface area contributed by atoms with Crippen LogP contribution in [0.25, 0.3) is 22.3 Å². The molecule has 0 fully saturated rings. The highest BCUT2D eigenvalue weighted by Crippen LogP contribution is 2.24. The number of nitrogens with one attached hydrogen (secondary N) is 1. The number of anilines is 1. The van der Waals surface area contributed by atoms with E-state index in [1.54, 1.807) is 18.5 Å². The second kappa shape index (κ2) is 5.48. The van der Waals surface area contributed by atoms with Gasteiger partial charge in [0.2, 0.25) is 0 Å². The van der Waals surface area contributed by atoms with Crippen molar-refractivity contribution in [2.45, 2.75) is 0 Å². The molecule has 0 radical (unpaired) electrons. The monoisotopic (exact) mass is 262 g/mol. The Balaban J connectivity index is 2.17. The minimum atomic E-state index is 0.660. The van der Waals surface area contributed by atoms with E-state index >= 15 is 0 Å². The molecule has 0 aliphatic rings. The van der Waals surface area contributed by atoms with E-state index in [0.717, 1.165) is 22.3 Å². The fourth-order valence-electron chi connectivity index (χ4n) is 2.00. The normalized spacial score (nSPS) is 10.4. The number of hydrogen-bond acceptors (Lipinski definition) is 4. The number of para-hydroxylation sites is 1. The van der Waals surface area contributed by atoms with Gasteiger partial charge in [-0.25, -0.2) is 9.97 Å². The molecule has 4 heteroatoms. The molecule has 0 saturated carbocycles. The van der Waals surface area contributed by atoms with Gasteiger partial charge in [-0.1, -0.05) is 18.2 Å². The van der Waals surface area contributed by atoms with Gasteiger partial charge in [-0.2, -0.15) is 0 Å². The van der Waals surface area contributed by atoms with Crippen molar-refractivity contribution in [3.63, 3.8) is 0 Å². The molecule has 3 aromatic rings. The summed E-state index contributed by atoms with van der Waals surface area (Å²) in [6.45, 7) is 4.38. The molecule has 0 spiro atoms. The number of nitrogens with zero attached hydrogens (tertiary/aromatic N) is 3. The Labute approximate surface area is 117 Å². The summed E-state index contributed by atoms with van der Waals surface area (Å²) in [4.78, 5) is 13.3. The number of pyridine rings is 1. The summed E-state index contributed by atoms with van der Waals surface area (Å²) in [6, 6.07) is 11.8. The Morgan fingerprint density at radius 2 is 2.00 bits per heavy atom. The van der Waals surface area contributed by atoms with Crippen LogP contribution in [0.4, 0.5) is 5.82 Å². The lowest BCUT2D eigenvalue weighted by Crippen LogP contribution is -2.03. The standard InChI is InChI=1S/C16H14N4/c1-2-9-18-16-13-7-3-4-8-14(13)19-15(20-16)12-6-5-10-17-11-12/h2-8,10-11H,1,9H2,(H,18,19,20). The van der Waals surface area contributed by atoms with Gasteiger partial charge in [-0.15, -0.1) is 6.58 Å². The van der Waals surface area contributed by atoms with Crippen molar-refractivity contribution in [2.24, 2.45) is 0 Å². The molecular weight excluding hydrogens is 248 g/mol. The maximum atomic E-state index is 4.60. The molecule has 2 heterocycles. The highest BCUT2D eigenvalue weighted by molar-refractivity contribution is 5.90. The van der Waals surface area contributed by atoms with E-state index in [1.165, 1.54) is 0 Å². The summed E-state index contributed by atoms with van der Waals surface area (Å²) in [6.07, 6.45) is 5.31. The Bertz CT molecular complexity index is 738. The highest BCUT2D eigenvalue weighted by Gasteiger charge is 2.08. The molecule has 0 bridgehead atoms. The molecule has 0 aliphatic heterocycles. The molecule has 0 atom stereocenters. The first-order chi connectivity index (χ1) is 9.88. The molecular formula is C16H14N4. The quantitative estimate of drug-likeness (QED) is 0.733. The van der Waals surface area contributed by atoms with Crippen LogP contribution < -0.4 is 5.32 Å². The number of aromatic nitrogens is 3. The van der Waals surface area contributed by atoms with Gasteiger partial charge in [0, 0.05) is 29.9 Å². The Morgan fingerprint density at radius 1 is 1.10 bits per heavy atom. The lowest BCUT2D eigenvalue weighted by atomic mass is 10.2. The van der Waals surface area contributed by atoms with Gasteiger partial charge < -0.3 is 5.32 Å². The van der Waals surface area contributed by atoms with E-state index in [4.69, 9.17) is 0 Å². The lowest BCUT2D eigenvalue weighted by molar-refractivity contribution is 1.18. The smallest absolute Gasteiger partial charge is 0.163 e. The molecule has 20 heavy (non-hydrogen) atoms. The van der Waals surface area contributed by atoms with Gasteiger partial charge in [-0.05, 0) is 24.3 Å². The maximum absolute atomic E-state index is 4.60. The molecule has 0 amide bonds. The Hall–Kier alpha value is -2.75. The number of rotatable bonds is 4. The predicted molar refractivity (Wildman–Crippen MR) is 81.5 cm³/mol. The maximum Gasteiger partial charge on any atom is 0.163 e. The van der Waals surface area contributed by atoms with Crippen LogP contribution in [0.15, 0.2) is 61.4 Å². The molecule has 3 rings (SSSR count). The highest BCUT2D eigenvalue weighted by atomic mass is 15.0. The van der Waals surface area contributed by atoms with E-state index in [1.807, 2.05) is 36.4 Å². The van der Waals surface area contributed by atoms with Crippen LogP contribution in [-0.4, -0.2) is 21.5 Å². The van der Waals surface area contributed by atoms with Gasteiger partial charge in [0.15, 0.2) is 5.82 Å². The van der Waals surface area contributed by atoms with Gasteiger partial charge in [-0.3, -0.25) is 4.98 Å². The van der Waals surface area contributed by atoms with Crippen molar-refractivity contribution >= 4 is 16.7 Å². The molecule has 98 valence electrons. The van der Waals surface area contributed by atoms with E-state index in [-0.39, 0.29) is 0 Å². The fourth-order valence-corrected chi connectivity index (χ4v) is 2.00. The average molecular weight is 262 g/mol. The van der Waals surface area contributed by atoms with Crippen LogP contribution in [-0.2, 0) is 0 Å². The minimum Gasteiger partial charge on any atom is -0.366 e. The lowest BCUT2D eigenvalue weighted by Gasteiger charge is -2.09. The van der Waals surface area contributed by atoms with Gasteiger partial charge in [0.1, 0.15) is 5.82 Å². The van der Waals surface area contributed by atoms with Crippen LogP contribution >= 0.6 is 0 Å². The van der Waals surface area contributed by atoms with Crippen molar-refractivity contribution in [1.82, 2.24) is 15.0 Å². The van der Waals surface area contributed by atoms with Crippen molar-refractivity contribution in [1.29, 1.82) is 0 Å². The Kier molecular flexibility index (Phi) is 3.37. The third-order valence-corrected chi connectivity index (χ3v) is 2.94. The molecule has 2 aromatic heterocycles. The van der Waals surface area contributed by atoms with Gasteiger partial charge >= 0.3 is 0 Å². The second-order valence-corrected chi connectivity index (χ2v) is 4.32. The second-order valence-electron chi connectivity index (χ2n) is 4.32. The molecule has 0 aliphatic carbocycles. The topological polar surface area (TPSA) is 50.7 Å². The van der Waals surface area contributed by atoms with E-state index in [0.29, 0.717) is 12.4 Å². The summed E-state index contributed by atoms with van der Waals surface area (Å²) < 4.78 is 0. The summed E-state index contributed by atoms with van der Waals surface area (Å²) in [5.41, 5.74) is 1.81. The van der Waals surface area contributed by atoms with Crippen LogP contribution in [0.1, 0.15) is 0 Å². The molecule has 4 nitrogen and oxygen atoms in total. The number of fused-ring (bicyclic) bond motifs is 1. The number of benzene rings is 1. The van der Waals surface area contributed by atoms with Crippen LogP contribution in [0.2, 0.25) is 0 Å². The van der Waals surface area contributed by atoms with Crippen LogP contribution in [0.5, 0.6) is 0 Å². The van der Waals surface area contributed by atoms with Gasteiger partial charge in [0.05, 0.1) is 5.52 Å². The van der Waals surface area contributed by atoms with Crippen molar-refractivity contribution < 1.29 is 0 Å². The van der Waals surface area contributed by atoms with Crippen molar-refractivity contribution in [3.8, 4) is 11.4 Å². The SMILES string of the molecule is C=CCNc1nc(-c2cccnc2)nc2ccccc12. The van der Waals surface area contributed by atoms with E-state index in [2.05, 4.69) is 26.8 Å². The minimum absolute atomic E-state index is 0.660. The zero-order valence-corrected chi connectivity index (χ0v) is 11.0. The first-order valence-electron chi connectivity index (χ1n) is 6.40. The summed E-state index contributed by atoms with van der Waals surface area (Å²) in [5, 5.41) is 4.26. The van der Waals surface area contributed by atoms with Crippen LogP contribution in [0, 0.1) is 0 Å².